The van der Waals surface area contributed by atoms with Crippen molar-refractivity contribution in [3.63, 3.8) is 0 Å². The van der Waals surface area contributed by atoms with Gasteiger partial charge in [0, 0.05) is 6.08 Å². The average Bonchev–Trinajstić information content (AvgIpc) is 1.97. The predicted octanol–water partition coefficient (Wildman–Crippen LogP) is 1.41. The Balaban J connectivity index is 5.08. The van der Waals surface area contributed by atoms with E-state index in [1.54, 1.807) is 20.8 Å². The highest BCUT2D eigenvalue weighted by Crippen LogP contribution is 2.29. The van der Waals surface area contributed by atoms with Crippen molar-refractivity contribution in [2.75, 3.05) is 0 Å². The summed E-state index contributed by atoms with van der Waals surface area (Å²) in [5.74, 6) is -0.717. The monoisotopic (exact) mass is 250 g/mol. The van der Waals surface area contributed by atoms with Gasteiger partial charge in [-0.15, -0.1) is 0 Å². The molecule has 94 valence electrons. The Morgan fingerprint density at radius 1 is 1.44 bits per heavy atom. The van der Waals surface area contributed by atoms with E-state index in [2.05, 4.69) is 6.58 Å². The van der Waals surface area contributed by atoms with Crippen LogP contribution in [-0.4, -0.2) is 30.3 Å². The van der Waals surface area contributed by atoms with Gasteiger partial charge in [-0.2, -0.15) is 8.42 Å². The van der Waals surface area contributed by atoms with E-state index in [1.165, 1.54) is 6.92 Å². The number of carbonyl (C=O) groups is 1. The zero-order valence-electron chi connectivity index (χ0n) is 9.93. The first-order valence-electron chi connectivity index (χ1n) is 4.79. The van der Waals surface area contributed by atoms with Gasteiger partial charge in [-0.1, -0.05) is 27.4 Å². The van der Waals surface area contributed by atoms with Crippen molar-refractivity contribution < 1.29 is 22.5 Å². The molecule has 0 rings (SSSR count). The van der Waals surface area contributed by atoms with E-state index in [4.69, 9.17) is 9.29 Å². The Kier molecular flexibility index (Phi) is 4.69. The Labute approximate surface area is 96.2 Å². The molecule has 16 heavy (non-hydrogen) atoms. The molecular weight excluding hydrogens is 232 g/mol. The van der Waals surface area contributed by atoms with Gasteiger partial charge in [-0.05, 0) is 12.3 Å². The third-order valence-corrected chi connectivity index (χ3v) is 3.80. The Morgan fingerprint density at radius 2 is 1.88 bits per heavy atom. The van der Waals surface area contributed by atoms with E-state index in [0.717, 1.165) is 6.08 Å². The molecule has 0 aliphatic rings. The molecule has 0 amide bonds. The summed E-state index contributed by atoms with van der Waals surface area (Å²) in [5.41, 5.74) is -0.742. The molecule has 0 heterocycles. The summed E-state index contributed by atoms with van der Waals surface area (Å²) < 4.78 is 36.4. The van der Waals surface area contributed by atoms with Crippen LogP contribution in [0.3, 0.4) is 0 Å². The summed E-state index contributed by atoms with van der Waals surface area (Å²) in [6.07, 6.45) is 0.000675. The number of ether oxygens (including phenoxy) is 1. The summed E-state index contributed by atoms with van der Waals surface area (Å²) in [6.45, 7) is 9.56. The standard InChI is InChI=1S/C10H18O5S/c1-6-8(11)15-7(2)9(10(3,4)5)16(12,13)14/h6-7,9H,1H2,2-5H3,(H,12,13,14). The minimum absolute atomic E-state index is 0.717. The highest BCUT2D eigenvalue weighted by atomic mass is 32.2. The van der Waals surface area contributed by atoms with Gasteiger partial charge in [0.05, 0.1) is 0 Å². The summed E-state index contributed by atoms with van der Waals surface area (Å²) in [7, 11) is -4.29. The van der Waals surface area contributed by atoms with Gasteiger partial charge in [0.25, 0.3) is 10.1 Å². The molecular formula is C10H18O5S. The number of hydrogen-bond acceptors (Lipinski definition) is 4. The van der Waals surface area contributed by atoms with Gasteiger partial charge >= 0.3 is 5.97 Å². The van der Waals surface area contributed by atoms with Crippen LogP contribution < -0.4 is 0 Å². The lowest BCUT2D eigenvalue weighted by Crippen LogP contribution is -2.44. The molecule has 2 atom stereocenters. The van der Waals surface area contributed by atoms with Crippen molar-refractivity contribution >= 4 is 16.1 Å². The van der Waals surface area contributed by atoms with Crippen LogP contribution in [0.1, 0.15) is 27.7 Å². The predicted molar refractivity (Wildman–Crippen MR) is 60.5 cm³/mol. The van der Waals surface area contributed by atoms with Crippen molar-refractivity contribution in [1.29, 1.82) is 0 Å². The van der Waals surface area contributed by atoms with Crippen molar-refractivity contribution in [3.05, 3.63) is 12.7 Å². The number of hydrogen-bond donors (Lipinski definition) is 1. The first-order valence-corrected chi connectivity index (χ1v) is 6.30. The van der Waals surface area contributed by atoms with Crippen LogP contribution in [0.2, 0.25) is 0 Å². The van der Waals surface area contributed by atoms with Crippen molar-refractivity contribution in [2.45, 2.75) is 39.0 Å². The number of carbonyl (C=O) groups excluding carboxylic acids is 1. The van der Waals surface area contributed by atoms with Gasteiger partial charge in [0.15, 0.2) is 0 Å². The van der Waals surface area contributed by atoms with Crippen LogP contribution in [0.5, 0.6) is 0 Å². The van der Waals surface area contributed by atoms with Crippen LogP contribution in [-0.2, 0) is 19.6 Å². The molecule has 0 fully saturated rings. The molecule has 0 saturated carbocycles. The first-order chi connectivity index (χ1) is 7.00. The largest absolute Gasteiger partial charge is 0.458 e. The Morgan fingerprint density at radius 3 is 2.12 bits per heavy atom. The molecule has 0 aliphatic heterocycles. The molecule has 0 bridgehead atoms. The SMILES string of the molecule is C=CC(=O)OC(C)C(C(C)(C)C)S(=O)(=O)O. The van der Waals surface area contributed by atoms with E-state index in [-0.39, 0.29) is 0 Å². The minimum Gasteiger partial charge on any atom is -0.458 e. The summed E-state index contributed by atoms with van der Waals surface area (Å²) in [5, 5.41) is -1.18. The third-order valence-electron chi connectivity index (χ3n) is 2.07. The van der Waals surface area contributed by atoms with E-state index in [9.17, 15) is 13.2 Å². The maximum atomic E-state index is 11.2. The molecule has 0 aromatic carbocycles. The highest BCUT2D eigenvalue weighted by Gasteiger charge is 2.41. The highest BCUT2D eigenvalue weighted by molar-refractivity contribution is 7.86. The summed E-state index contributed by atoms with van der Waals surface area (Å²) in [4.78, 5) is 11.0. The van der Waals surface area contributed by atoms with Crippen molar-refractivity contribution in [1.82, 2.24) is 0 Å². The minimum atomic E-state index is -4.29. The van der Waals surface area contributed by atoms with Crippen LogP contribution in [0.25, 0.3) is 0 Å². The van der Waals surface area contributed by atoms with Gasteiger partial charge in [0.2, 0.25) is 0 Å². The average molecular weight is 250 g/mol. The molecule has 5 nitrogen and oxygen atoms in total. The van der Waals surface area contributed by atoms with Crippen LogP contribution >= 0.6 is 0 Å². The van der Waals surface area contributed by atoms with E-state index < -0.39 is 32.9 Å². The number of esters is 1. The van der Waals surface area contributed by atoms with E-state index in [0.29, 0.717) is 0 Å². The Hall–Kier alpha value is -0.880. The molecule has 0 saturated heterocycles. The maximum Gasteiger partial charge on any atom is 0.330 e. The molecule has 2 unspecified atom stereocenters. The first kappa shape index (κ1) is 15.1. The summed E-state index contributed by atoms with van der Waals surface area (Å²) >= 11 is 0. The molecule has 0 aliphatic carbocycles. The fourth-order valence-electron chi connectivity index (χ4n) is 1.69. The Bertz CT molecular complexity index is 363. The lowest BCUT2D eigenvalue weighted by atomic mass is 9.89. The molecule has 0 radical (unpaired) electrons. The molecule has 6 heteroatoms. The lowest BCUT2D eigenvalue weighted by Gasteiger charge is -2.31. The number of rotatable bonds is 4. The fraction of sp³-hybridized carbons (Fsp3) is 0.700. The smallest absolute Gasteiger partial charge is 0.330 e. The fourth-order valence-corrected chi connectivity index (χ4v) is 3.12. The van der Waals surface area contributed by atoms with E-state index in [1.807, 2.05) is 0 Å². The zero-order chi connectivity index (χ0) is 13.1. The summed E-state index contributed by atoms with van der Waals surface area (Å²) in [6, 6.07) is 0. The van der Waals surface area contributed by atoms with Crippen LogP contribution in [0, 0.1) is 5.41 Å². The topological polar surface area (TPSA) is 80.7 Å². The molecule has 0 aromatic heterocycles. The zero-order valence-corrected chi connectivity index (χ0v) is 10.7. The molecule has 0 aromatic rings. The van der Waals surface area contributed by atoms with Gasteiger partial charge in [-0.3, -0.25) is 4.55 Å². The quantitative estimate of drug-likeness (QED) is 0.463. The second-order valence-corrected chi connectivity index (χ2v) is 6.19. The normalized spacial score (nSPS) is 16.3. The maximum absolute atomic E-state index is 11.2. The second kappa shape index (κ2) is 4.97. The second-order valence-electron chi connectivity index (χ2n) is 4.65. The molecule has 1 N–H and O–H groups in total. The molecule has 0 spiro atoms. The van der Waals surface area contributed by atoms with Gasteiger partial charge in [0.1, 0.15) is 11.4 Å². The lowest BCUT2D eigenvalue weighted by molar-refractivity contribution is -0.143. The van der Waals surface area contributed by atoms with Gasteiger partial charge < -0.3 is 4.74 Å². The third kappa shape index (κ3) is 4.32. The van der Waals surface area contributed by atoms with Crippen LogP contribution in [0.15, 0.2) is 12.7 Å². The van der Waals surface area contributed by atoms with Crippen molar-refractivity contribution in [2.24, 2.45) is 5.41 Å². The van der Waals surface area contributed by atoms with Crippen LogP contribution in [0.4, 0.5) is 0 Å². The van der Waals surface area contributed by atoms with E-state index >= 15 is 0 Å². The van der Waals surface area contributed by atoms with Gasteiger partial charge in [-0.25, -0.2) is 4.79 Å². The van der Waals surface area contributed by atoms with Crippen molar-refractivity contribution in [3.8, 4) is 0 Å².